The van der Waals surface area contributed by atoms with E-state index in [0.717, 1.165) is 28.3 Å². The number of amides is 1. The van der Waals surface area contributed by atoms with E-state index in [1.807, 2.05) is 0 Å². The minimum absolute atomic E-state index is 0.0446. The number of aromatic hydroxyl groups is 1. The van der Waals surface area contributed by atoms with E-state index < -0.39 is 40.6 Å². The van der Waals surface area contributed by atoms with E-state index in [1.54, 1.807) is 38.4 Å². The maximum atomic E-state index is 14.2. The molecule has 0 saturated carbocycles. The van der Waals surface area contributed by atoms with Crippen molar-refractivity contribution in [2.75, 3.05) is 13.1 Å². The molecule has 0 bridgehead atoms. The number of rotatable bonds is 6. The van der Waals surface area contributed by atoms with Crippen LogP contribution in [0, 0.1) is 17.5 Å². The Labute approximate surface area is 222 Å². The van der Waals surface area contributed by atoms with Crippen LogP contribution in [0.5, 0.6) is 5.88 Å². The summed E-state index contributed by atoms with van der Waals surface area (Å²) in [6, 6.07) is 9.65. The number of carbonyl (C=O) groups excluding carboxylic acids is 1. The molecule has 0 spiro atoms. The van der Waals surface area contributed by atoms with Crippen LogP contribution in [0.4, 0.5) is 13.2 Å². The molecule has 1 N–H and O–H groups in total. The summed E-state index contributed by atoms with van der Waals surface area (Å²) in [4.78, 5) is 33.2. The van der Waals surface area contributed by atoms with Gasteiger partial charge in [0.1, 0.15) is 23.1 Å². The number of aryl methyl sites for hydroxylation is 1. The summed E-state index contributed by atoms with van der Waals surface area (Å²) >= 11 is 0. The topological polar surface area (TPSA) is 93.2 Å². The van der Waals surface area contributed by atoms with Crippen molar-refractivity contribution in [3.8, 4) is 17.4 Å². The Kier molecular flexibility index (Phi) is 6.98. The molecule has 3 heterocycles. The van der Waals surface area contributed by atoms with E-state index in [0.29, 0.717) is 13.0 Å². The molecule has 202 valence electrons. The molecule has 1 saturated heterocycles. The van der Waals surface area contributed by atoms with Crippen LogP contribution in [-0.2, 0) is 7.05 Å². The molecule has 5 rings (SSSR count). The normalized spacial score (nSPS) is 16.0. The Morgan fingerprint density at radius 3 is 2.38 bits per heavy atom. The first-order valence-electron chi connectivity index (χ1n) is 12.5. The van der Waals surface area contributed by atoms with E-state index >= 15 is 0 Å². The van der Waals surface area contributed by atoms with Crippen molar-refractivity contribution in [3.05, 3.63) is 99.2 Å². The van der Waals surface area contributed by atoms with Gasteiger partial charge in [-0.25, -0.2) is 13.2 Å². The Hall–Kier alpha value is -4.41. The van der Waals surface area contributed by atoms with Crippen molar-refractivity contribution in [2.45, 2.75) is 31.7 Å². The van der Waals surface area contributed by atoms with Crippen molar-refractivity contribution in [1.29, 1.82) is 0 Å². The van der Waals surface area contributed by atoms with E-state index in [9.17, 15) is 27.9 Å². The van der Waals surface area contributed by atoms with Gasteiger partial charge < -0.3 is 10.0 Å². The fourth-order valence-corrected chi connectivity index (χ4v) is 5.16. The van der Waals surface area contributed by atoms with Crippen molar-refractivity contribution in [3.63, 3.8) is 0 Å². The highest BCUT2D eigenvalue weighted by Crippen LogP contribution is 2.31. The highest BCUT2D eigenvalue weighted by Gasteiger charge is 2.34. The maximum absolute atomic E-state index is 14.2. The van der Waals surface area contributed by atoms with Crippen LogP contribution in [0.1, 0.15) is 53.2 Å². The number of hydrogen-bond acceptors (Lipinski definition) is 5. The zero-order chi connectivity index (χ0) is 27.8. The van der Waals surface area contributed by atoms with Crippen LogP contribution >= 0.6 is 0 Å². The standard InChI is InChI=1S/C28H26F3N5O3/c1-3-23(18-12-20(30)14-21(31)13-18)36-25(22-9-10-34(2)33-22)32-26(37)24(28(36)39)27(38)35-11-8-17(15-35)16-4-6-19(29)7-5-16/h4-7,9-10,12-14,17,23,37H,3,8,11,15H2,1-2H3/t17?,23-/m0/s1. The predicted octanol–water partition coefficient (Wildman–Crippen LogP) is 4.40. The first kappa shape index (κ1) is 26.2. The third-order valence-corrected chi connectivity index (χ3v) is 7.04. The van der Waals surface area contributed by atoms with Gasteiger partial charge in [0, 0.05) is 38.3 Å². The van der Waals surface area contributed by atoms with Gasteiger partial charge in [0.15, 0.2) is 11.4 Å². The lowest BCUT2D eigenvalue weighted by molar-refractivity contribution is 0.0784. The van der Waals surface area contributed by atoms with Gasteiger partial charge in [-0.3, -0.25) is 18.8 Å². The number of benzene rings is 2. The summed E-state index contributed by atoms with van der Waals surface area (Å²) in [5, 5.41) is 15.1. The maximum Gasteiger partial charge on any atom is 0.271 e. The second-order valence-corrected chi connectivity index (χ2v) is 9.60. The zero-order valence-corrected chi connectivity index (χ0v) is 21.3. The molecule has 4 aromatic rings. The third kappa shape index (κ3) is 5.04. The van der Waals surface area contributed by atoms with E-state index in [4.69, 9.17) is 0 Å². The second-order valence-electron chi connectivity index (χ2n) is 9.60. The molecule has 1 unspecified atom stereocenters. The van der Waals surface area contributed by atoms with E-state index in [-0.39, 0.29) is 41.8 Å². The van der Waals surface area contributed by atoms with Gasteiger partial charge in [0.25, 0.3) is 11.5 Å². The highest BCUT2D eigenvalue weighted by molar-refractivity contribution is 5.96. The van der Waals surface area contributed by atoms with Gasteiger partial charge in [-0.05, 0) is 54.3 Å². The largest absolute Gasteiger partial charge is 0.493 e. The Bertz CT molecular complexity index is 1580. The summed E-state index contributed by atoms with van der Waals surface area (Å²) < 4.78 is 44.3. The lowest BCUT2D eigenvalue weighted by Gasteiger charge is -2.24. The van der Waals surface area contributed by atoms with Gasteiger partial charge in [-0.15, -0.1) is 0 Å². The molecule has 0 radical (unpaired) electrons. The van der Waals surface area contributed by atoms with Gasteiger partial charge in [0.05, 0.1) is 6.04 Å². The molecule has 2 aromatic carbocycles. The molecule has 8 nitrogen and oxygen atoms in total. The summed E-state index contributed by atoms with van der Waals surface area (Å²) in [5.41, 5.74) is -0.134. The second kappa shape index (κ2) is 10.4. The van der Waals surface area contributed by atoms with Gasteiger partial charge in [0.2, 0.25) is 5.88 Å². The Morgan fingerprint density at radius 2 is 1.77 bits per heavy atom. The third-order valence-electron chi connectivity index (χ3n) is 7.04. The molecule has 2 aromatic heterocycles. The number of aromatic nitrogens is 4. The number of carbonyl (C=O) groups is 1. The number of hydrogen-bond donors (Lipinski definition) is 1. The number of likely N-dealkylation sites (tertiary alicyclic amines) is 1. The monoisotopic (exact) mass is 537 g/mol. The average molecular weight is 538 g/mol. The molecule has 1 aliphatic rings. The number of nitrogens with zero attached hydrogens (tertiary/aromatic N) is 5. The van der Waals surface area contributed by atoms with Crippen molar-refractivity contribution >= 4 is 5.91 Å². The van der Waals surface area contributed by atoms with Gasteiger partial charge in [-0.1, -0.05) is 19.1 Å². The summed E-state index contributed by atoms with van der Waals surface area (Å²) in [6.07, 6.45) is 2.43. The predicted molar refractivity (Wildman–Crippen MR) is 137 cm³/mol. The fraction of sp³-hybridized carbons (Fsp3) is 0.286. The molecule has 1 aliphatic heterocycles. The van der Waals surface area contributed by atoms with Crippen LogP contribution in [-0.4, -0.2) is 48.3 Å². The average Bonchev–Trinajstić information content (AvgIpc) is 3.55. The molecule has 0 aliphatic carbocycles. The molecule has 39 heavy (non-hydrogen) atoms. The lowest BCUT2D eigenvalue weighted by atomic mass is 9.98. The SMILES string of the molecule is CC[C@@H](c1cc(F)cc(F)c1)n1c(-c2ccn(C)n2)nc(O)c(C(=O)N2CCC(c3ccc(F)cc3)C2)c1=O. The van der Waals surface area contributed by atoms with E-state index in [1.165, 1.54) is 21.7 Å². The van der Waals surface area contributed by atoms with Crippen LogP contribution < -0.4 is 5.56 Å². The molecule has 2 atom stereocenters. The molecule has 1 fully saturated rings. The van der Waals surface area contributed by atoms with Gasteiger partial charge >= 0.3 is 0 Å². The Balaban J connectivity index is 1.60. The van der Waals surface area contributed by atoms with Crippen LogP contribution in [0.25, 0.3) is 11.5 Å². The summed E-state index contributed by atoms with van der Waals surface area (Å²) in [6.45, 7) is 2.30. The zero-order valence-electron chi connectivity index (χ0n) is 21.3. The van der Waals surface area contributed by atoms with Crippen molar-refractivity contribution < 1.29 is 23.1 Å². The first-order chi connectivity index (χ1) is 18.7. The van der Waals surface area contributed by atoms with Crippen LogP contribution in [0.2, 0.25) is 0 Å². The smallest absolute Gasteiger partial charge is 0.271 e. The van der Waals surface area contributed by atoms with E-state index in [2.05, 4.69) is 10.1 Å². The van der Waals surface area contributed by atoms with Crippen LogP contribution in [0.3, 0.4) is 0 Å². The minimum Gasteiger partial charge on any atom is -0.493 e. The molecule has 1 amide bonds. The lowest BCUT2D eigenvalue weighted by Crippen LogP contribution is -2.38. The number of halogens is 3. The van der Waals surface area contributed by atoms with Crippen molar-refractivity contribution in [1.82, 2.24) is 24.2 Å². The highest BCUT2D eigenvalue weighted by atomic mass is 19.1. The molecular formula is C28H26F3N5O3. The molecule has 11 heteroatoms. The summed E-state index contributed by atoms with van der Waals surface area (Å²) in [7, 11) is 1.66. The fourth-order valence-electron chi connectivity index (χ4n) is 5.16. The first-order valence-corrected chi connectivity index (χ1v) is 12.5. The molecular weight excluding hydrogens is 511 g/mol. The summed E-state index contributed by atoms with van der Waals surface area (Å²) in [5.74, 6) is -3.58. The van der Waals surface area contributed by atoms with Gasteiger partial charge in [-0.2, -0.15) is 10.1 Å². The van der Waals surface area contributed by atoms with Crippen molar-refractivity contribution in [2.24, 2.45) is 7.05 Å². The van der Waals surface area contributed by atoms with Crippen LogP contribution in [0.15, 0.2) is 59.5 Å². The Morgan fingerprint density at radius 1 is 1.08 bits per heavy atom. The quantitative estimate of drug-likeness (QED) is 0.394. The minimum atomic E-state index is -0.912.